The van der Waals surface area contributed by atoms with Gasteiger partial charge in [-0.1, -0.05) is 11.6 Å². The average molecular weight is 238 g/mol. The number of halogens is 4. The molecule has 0 aliphatic rings. The zero-order valence-electron chi connectivity index (χ0n) is 7.65. The van der Waals surface area contributed by atoms with Gasteiger partial charge in [-0.25, -0.2) is 0 Å². The molecule has 1 amide bonds. The molecule has 15 heavy (non-hydrogen) atoms. The van der Waals surface area contributed by atoms with Gasteiger partial charge in [0.05, 0.1) is 10.6 Å². The van der Waals surface area contributed by atoms with Crippen molar-refractivity contribution < 1.29 is 18.0 Å². The maximum Gasteiger partial charge on any atom is 0.417 e. The van der Waals surface area contributed by atoms with Crippen LogP contribution in [0.25, 0.3) is 0 Å². The van der Waals surface area contributed by atoms with Gasteiger partial charge in [-0.05, 0) is 24.6 Å². The first-order chi connectivity index (χ1) is 6.73. The highest BCUT2D eigenvalue weighted by Crippen LogP contribution is 2.36. The van der Waals surface area contributed by atoms with Crippen LogP contribution in [0, 0.1) is 6.92 Å². The Hall–Kier alpha value is -1.23. The first kappa shape index (κ1) is 11.8. The zero-order valence-corrected chi connectivity index (χ0v) is 8.41. The predicted octanol–water partition coefficient (Wildman–Crippen LogP) is 2.77. The van der Waals surface area contributed by atoms with E-state index in [1.54, 1.807) is 0 Å². The normalized spacial score (nSPS) is 11.5. The molecule has 2 nitrogen and oxygen atoms in total. The summed E-state index contributed by atoms with van der Waals surface area (Å²) < 4.78 is 37.3. The van der Waals surface area contributed by atoms with Crippen molar-refractivity contribution in [3.63, 3.8) is 0 Å². The topological polar surface area (TPSA) is 43.1 Å². The quantitative estimate of drug-likeness (QED) is 0.802. The van der Waals surface area contributed by atoms with Crippen LogP contribution < -0.4 is 5.73 Å². The second kappa shape index (κ2) is 3.73. The molecular formula is C9H7ClF3NO. The van der Waals surface area contributed by atoms with Gasteiger partial charge in [-0.2, -0.15) is 13.2 Å². The van der Waals surface area contributed by atoms with E-state index >= 15 is 0 Å². The van der Waals surface area contributed by atoms with Crippen LogP contribution in [-0.2, 0) is 6.18 Å². The second-order valence-electron chi connectivity index (χ2n) is 3.02. The highest BCUT2D eigenvalue weighted by Gasteiger charge is 2.34. The third-order valence-electron chi connectivity index (χ3n) is 1.84. The number of nitrogens with two attached hydrogens (primary N) is 1. The Morgan fingerprint density at radius 2 is 1.93 bits per heavy atom. The van der Waals surface area contributed by atoms with Crippen LogP contribution in [0.3, 0.4) is 0 Å². The molecule has 0 heterocycles. The van der Waals surface area contributed by atoms with Crippen LogP contribution in [0.4, 0.5) is 13.2 Å². The number of carbonyl (C=O) groups is 1. The molecule has 0 aromatic heterocycles. The highest BCUT2D eigenvalue weighted by molar-refractivity contribution is 6.32. The molecule has 1 aromatic rings. The Bertz CT molecular complexity index is 415. The van der Waals surface area contributed by atoms with E-state index in [2.05, 4.69) is 0 Å². The molecule has 0 saturated carbocycles. The van der Waals surface area contributed by atoms with Gasteiger partial charge in [0.15, 0.2) is 0 Å². The third-order valence-corrected chi connectivity index (χ3v) is 2.35. The lowest BCUT2D eigenvalue weighted by molar-refractivity contribution is -0.137. The number of amides is 1. The monoisotopic (exact) mass is 237 g/mol. The molecule has 0 fully saturated rings. The Morgan fingerprint density at radius 1 is 1.40 bits per heavy atom. The molecule has 0 radical (unpaired) electrons. The van der Waals surface area contributed by atoms with Gasteiger partial charge >= 0.3 is 6.18 Å². The van der Waals surface area contributed by atoms with Crippen molar-refractivity contribution in [1.29, 1.82) is 0 Å². The van der Waals surface area contributed by atoms with E-state index in [0.29, 0.717) is 6.07 Å². The largest absolute Gasteiger partial charge is 0.417 e. The molecule has 0 aliphatic carbocycles. The molecular weight excluding hydrogens is 231 g/mol. The van der Waals surface area contributed by atoms with Crippen LogP contribution in [0.5, 0.6) is 0 Å². The molecule has 0 aliphatic heterocycles. The minimum atomic E-state index is -4.59. The van der Waals surface area contributed by atoms with Crippen LogP contribution in [0.15, 0.2) is 12.1 Å². The average Bonchev–Trinajstić information content (AvgIpc) is 2.06. The van der Waals surface area contributed by atoms with Gasteiger partial charge in [0, 0.05) is 5.56 Å². The predicted molar refractivity (Wildman–Crippen MR) is 49.7 cm³/mol. The number of benzene rings is 1. The van der Waals surface area contributed by atoms with Crippen LogP contribution in [0.1, 0.15) is 21.5 Å². The lowest BCUT2D eigenvalue weighted by Gasteiger charge is -2.11. The molecule has 6 heteroatoms. The van der Waals surface area contributed by atoms with Gasteiger partial charge in [0.1, 0.15) is 0 Å². The van der Waals surface area contributed by atoms with E-state index in [-0.39, 0.29) is 11.1 Å². The first-order valence-electron chi connectivity index (χ1n) is 3.90. The van der Waals surface area contributed by atoms with Crippen molar-refractivity contribution in [2.45, 2.75) is 13.1 Å². The lowest BCUT2D eigenvalue weighted by Crippen LogP contribution is -2.14. The van der Waals surface area contributed by atoms with Gasteiger partial charge in [0.2, 0.25) is 5.91 Å². The minimum absolute atomic E-state index is 0.167. The number of hydrogen-bond donors (Lipinski definition) is 1. The van der Waals surface area contributed by atoms with Crippen LogP contribution in [0.2, 0.25) is 5.02 Å². The standard InChI is InChI=1S/C9H7ClF3NO/c1-4-2-5(8(14)15)3-6(7(4)10)9(11,12)13/h2-3H,1H3,(H2,14,15). The van der Waals surface area contributed by atoms with Crippen molar-refractivity contribution in [3.05, 3.63) is 33.8 Å². The van der Waals surface area contributed by atoms with Gasteiger partial charge < -0.3 is 5.73 Å². The maximum atomic E-state index is 12.4. The molecule has 0 bridgehead atoms. The number of aryl methyl sites for hydroxylation is 1. The Morgan fingerprint density at radius 3 is 2.33 bits per heavy atom. The number of primary amides is 1. The molecule has 1 aromatic carbocycles. The Labute approximate surface area is 88.8 Å². The van der Waals surface area contributed by atoms with Gasteiger partial charge in [-0.3, -0.25) is 4.79 Å². The SMILES string of the molecule is Cc1cc(C(N)=O)cc(C(F)(F)F)c1Cl. The molecule has 0 unspecified atom stereocenters. The van der Waals surface area contributed by atoms with Gasteiger partial charge in [-0.15, -0.1) is 0 Å². The summed E-state index contributed by atoms with van der Waals surface area (Å²) in [4.78, 5) is 10.8. The first-order valence-corrected chi connectivity index (χ1v) is 4.28. The van der Waals surface area contributed by atoms with Gasteiger partial charge in [0.25, 0.3) is 0 Å². The van der Waals surface area contributed by atoms with E-state index < -0.39 is 22.7 Å². The fourth-order valence-corrected chi connectivity index (χ4v) is 1.33. The second-order valence-corrected chi connectivity index (χ2v) is 3.39. The molecule has 0 spiro atoms. The number of alkyl halides is 3. The highest BCUT2D eigenvalue weighted by atomic mass is 35.5. The van der Waals surface area contributed by atoms with E-state index in [0.717, 1.165) is 0 Å². The smallest absolute Gasteiger partial charge is 0.366 e. The summed E-state index contributed by atoms with van der Waals surface area (Å²) in [5.74, 6) is -0.916. The summed E-state index contributed by atoms with van der Waals surface area (Å²) in [5.41, 5.74) is 3.81. The maximum absolute atomic E-state index is 12.4. The third kappa shape index (κ3) is 2.41. The van der Waals surface area contributed by atoms with Crippen molar-refractivity contribution in [1.82, 2.24) is 0 Å². The Kier molecular flexibility index (Phi) is 2.95. The summed E-state index contributed by atoms with van der Waals surface area (Å²) in [6.45, 7) is 1.38. The molecule has 0 atom stereocenters. The summed E-state index contributed by atoms with van der Waals surface area (Å²) >= 11 is 5.48. The number of rotatable bonds is 1. The number of carbonyl (C=O) groups excluding carboxylic acids is 1. The summed E-state index contributed by atoms with van der Waals surface area (Å²) in [6.07, 6.45) is -4.59. The zero-order chi connectivity index (χ0) is 11.8. The minimum Gasteiger partial charge on any atom is -0.366 e. The molecule has 0 saturated heterocycles. The molecule has 1 rings (SSSR count). The van der Waals surface area contributed by atoms with E-state index in [4.69, 9.17) is 17.3 Å². The van der Waals surface area contributed by atoms with E-state index in [9.17, 15) is 18.0 Å². The fourth-order valence-electron chi connectivity index (χ4n) is 1.12. The van der Waals surface area contributed by atoms with Crippen molar-refractivity contribution in [2.75, 3.05) is 0 Å². The van der Waals surface area contributed by atoms with Crippen molar-refractivity contribution >= 4 is 17.5 Å². The molecule has 82 valence electrons. The van der Waals surface area contributed by atoms with E-state index in [1.165, 1.54) is 13.0 Å². The summed E-state index contributed by atoms with van der Waals surface area (Å²) in [5, 5.41) is -0.410. The fraction of sp³-hybridized carbons (Fsp3) is 0.222. The van der Waals surface area contributed by atoms with Crippen molar-refractivity contribution in [2.24, 2.45) is 5.73 Å². The van der Waals surface area contributed by atoms with E-state index in [1.807, 2.05) is 0 Å². The summed E-state index contributed by atoms with van der Waals surface area (Å²) in [6, 6.07) is 1.87. The lowest BCUT2D eigenvalue weighted by atomic mass is 10.1. The van der Waals surface area contributed by atoms with Crippen molar-refractivity contribution in [3.8, 4) is 0 Å². The summed E-state index contributed by atoms with van der Waals surface area (Å²) in [7, 11) is 0. The van der Waals surface area contributed by atoms with Crippen LogP contribution in [-0.4, -0.2) is 5.91 Å². The molecule has 2 N–H and O–H groups in total. The van der Waals surface area contributed by atoms with Crippen LogP contribution >= 0.6 is 11.6 Å². The Balaban J connectivity index is 3.45. The number of hydrogen-bond acceptors (Lipinski definition) is 1.